The quantitative estimate of drug-likeness (QED) is 0.444. The number of nitrogens with one attached hydrogen (secondary N) is 1. The average molecular weight is 407 g/mol. The highest BCUT2D eigenvalue weighted by Crippen LogP contribution is 2.25. The number of H-pyrrole nitrogens is 1. The number of nitrogens with zero attached hydrogens (tertiary/aromatic N) is 1. The molecular formula is C24H26N2O2S. The summed E-state index contributed by atoms with van der Waals surface area (Å²) in [5.74, 6) is 1.74. The molecule has 0 fully saturated rings. The molecule has 2 heterocycles. The molecule has 0 bridgehead atoms. The first kappa shape index (κ1) is 19.8. The minimum absolute atomic E-state index is 0.292. The normalized spacial score (nSPS) is 14.7. The molecule has 29 heavy (non-hydrogen) atoms. The second-order valence-corrected chi connectivity index (χ2v) is 8.37. The second kappa shape index (κ2) is 9.33. The van der Waals surface area contributed by atoms with Crippen molar-refractivity contribution in [1.82, 2.24) is 9.88 Å². The van der Waals surface area contributed by atoms with E-state index in [1.807, 2.05) is 23.9 Å². The van der Waals surface area contributed by atoms with E-state index in [1.165, 1.54) is 23.8 Å². The Labute approximate surface area is 175 Å². The number of carbonyl (C=O) groups is 1. The van der Waals surface area contributed by atoms with Crippen LogP contribution < -0.4 is 0 Å². The van der Waals surface area contributed by atoms with Gasteiger partial charge >= 0.3 is 5.97 Å². The van der Waals surface area contributed by atoms with Crippen LogP contribution in [0.5, 0.6) is 0 Å². The number of hydrogen-bond acceptors (Lipinski definition) is 4. The van der Waals surface area contributed by atoms with E-state index >= 15 is 0 Å². The molecule has 4 rings (SSSR count). The van der Waals surface area contributed by atoms with Crippen molar-refractivity contribution in [3.8, 4) is 0 Å². The fourth-order valence-electron chi connectivity index (χ4n) is 3.75. The number of esters is 1. The Hall–Kier alpha value is -2.50. The van der Waals surface area contributed by atoms with Crippen LogP contribution in [0, 0.1) is 0 Å². The number of carbonyl (C=O) groups excluding carboxylic acids is 1. The standard InChI is InChI=1S/C24H26N2O2S/c1-28-24(27)20-7-8-23-22(15-20)21(16-25-23)17-29-14-13-26-11-9-19(10-12-26)18-5-3-2-4-6-18/h2-9,15-16,25H,10-14,17H2,1H3. The van der Waals surface area contributed by atoms with E-state index in [0.29, 0.717) is 5.56 Å². The van der Waals surface area contributed by atoms with Crippen LogP contribution in [0.15, 0.2) is 60.8 Å². The Morgan fingerprint density at radius 1 is 1.21 bits per heavy atom. The van der Waals surface area contributed by atoms with Gasteiger partial charge in [-0.05, 0) is 41.3 Å². The molecule has 1 aliphatic heterocycles. The first-order chi connectivity index (χ1) is 14.2. The third-order valence-corrected chi connectivity index (χ3v) is 6.42. The van der Waals surface area contributed by atoms with Crippen molar-refractivity contribution in [2.75, 3.05) is 32.5 Å². The van der Waals surface area contributed by atoms with E-state index in [9.17, 15) is 4.79 Å². The lowest BCUT2D eigenvalue weighted by atomic mass is 10.00. The Morgan fingerprint density at radius 2 is 2.07 bits per heavy atom. The van der Waals surface area contributed by atoms with Gasteiger partial charge in [0.1, 0.15) is 0 Å². The van der Waals surface area contributed by atoms with Crippen LogP contribution in [-0.4, -0.2) is 48.4 Å². The number of ether oxygens (including phenoxy) is 1. The van der Waals surface area contributed by atoms with E-state index in [4.69, 9.17) is 4.74 Å². The van der Waals surface area contributed by atoms with Crippen molar-refractivity contribution >= 4 is 34.2 Å². The lowest BCUT2D eigenvalue weighted by molar-refractivity contribution is 0.0601. The summed E-state index contributed by atoms with van der Waals surface area (Å²) in [6, 6.07) is 16.4. The van der Waals surface area contributed by atoms with E-state index in [0.717, 1.165) is 48.5 Å². The Kier molecular flexibility index (Phi) is 6.37. The van der Waals surface area contributed by atoms with Gasteiger partial charge in [-0.25, -0.2) is 4.79 Å². The van der Waals surface area contributed by atoms with Gasteiger partial charge in [-0.2, -0.15) is 11.8 Å². The molecule has 4 nitrogen and oxygen atoms in total. The average Bonchev–Trinajstić information content (AvgIpc) is 3.19. The second-order valence-electron chi connectivity index (χ2n) is 7.26. The summed E-state index contributed by atoms with van der Waals surface area (Å²) in [4.78, 5) is 17.6. The first-order valence-corrected chi connectivity index (χ1v) is 11.1. The van der Waals surface area contributed by atoms with Gasteiger partial charge in [-0.15, -0.1) is 0 Å². The largest absolute Gasteiger partial charge is 0.465 e. The highest BCUT2D eigenvalue weighted by Gasteiger charge is 2.13. The highest BCUT2D eigenvalue weighted by atomic mass is 32.2. The number of rotatable bonds is 7. The minimum atomic E-state index is -0.292. The number of methoxy groups -OCH3 is 1. The molecule has 0 amide bonds. The molecule has 0 spiro atoms. The van der Waals surface area contributed by atoms with Crippen LogP contribution in [-0.2, 0) is 10.5 Å². The monoisotopic (exact) mass is 406 g/mol. The summed E-state index contributed by atoms with van der Waals surface area (Å²) in [6.07, 6.45) is 5.54. The van der Waals surface area contributed by atoms with Crippen molar-refractivity contribution in [2.45, 2.75) is 12.2 Å². The first-order valence-electron chi connectivity index (χ1n) is 9.97. The van der Waals surface area contributed by atoms with Gasteiger partial charge in [0.15, 0.2) is 0 Å². The molecule has 0 unspecified atom stereocenters. The van der Waals surface area contributed by atoms with Crippen LogP contribution in [0.3, 0.4) is 0 Å². The van der Waals surface area contributed by atoms with Crippen LogP contribution >= 0.6 is 11.8 Å². The van der Waals surface area contributed by atoms with Crippen molar-refractivity contribution in [3.05, 3.63) is 77.5 Å². The molecule has 2 aromatic carbocycles. The van der Waals surface area contributed by atoms with Crippen LogP contribution in [0.2, 0.25) is 0 Å². The van der Waals surface area contributed by atoms with E-state index in [2.05, 4.69) is 52.5 Å². The number of benzene rings is 2. The molecule has 1 N–H and O–H groups in total. The molecule has 5 heteroatoms. The molecule has 0 saturated heterocycles. The highest BCUT2D eigenvalue weighted by molar-refractivity contribution is 7.98. The topological polar surface area (TPSA) is 45.3 Å². The lowest BCUT2D eigenvalue weighted by Gasteiger charge is -2.26. The molecular weight excluding hydrogens is 380 g/mol. The van der Waals surface area contributed by atoms with Gasteiger partial charge in [0, 0.05) is 48.2 Å². The van der Waals surface area contributed by atoms with E-state index in [-0.39, 0.29) is 5.97 Å². The fraction of sp³-hybridized carbons (Fsp3) is 0.292. The Balaban J connectivity index is 1.28. The fourth-order valence-corrected chi connectivity index (χ4v) is 4.74. The summed E-state index contributed by atoms with van der Waals surface area (Å²) in [5.41, 5.74) is 5.71. The molecule has 0 radical (unpaired) electrons. The summed E-state index contributed by atoms with van der Waals surface area (Å²) in [5, 5.41) is 1.11. The van der Waals surface area contributed by atoms with Crippen LogP contribution in [0.4, 0.5) is 0 Å². The Bertz CT molecular complexity index is 1010. The van der Waals surface area contributed by atoms with Crippen molar-refractivity contribution in [3.63, 3.8) is 0 Å². The Morgan fingerprint density at radius 3 is 2.83 bits per heavy atom. The zero-order chi connectivity index (χ0) is 20.1. The lowest BCUT2D eigenvalue weighted by Crippen LogP contribution is -2.30. The minimum Gasteiger partial charge on any atom is -0.465 e. The molecule has 0 saturated carbocycles. The number of hydrogen-bond donors (Lipinski definition) is 1. The van der Waals surface area contributed by atoms with Gasteiger partial charge in [0.05, 0.1) is 12.7 Å². The van der Waals surface area contributed by atoms with Gasteiger partial charge in [-0.1, -0.05) is 36.4 Å². The van der Waals surface area contributed by atoms with Crippen LogP contribution in [0.25, 0.3) is 16.5 Å². The summed E-state index contributed by atoms with van der Waals surface area (Å²) in [7, 11) is 1.42. The SMILES string of the molecule is COC(=O)c1ccc2[nH]cc(CSCCN3CC=C(c4ccccc4)CC3)c2c1. The number of thioether (sulfide) groups is 1. The molecule has 1 aromatic heterocycles. The maximum atomic E-state index is 11.8. The molecule has 0 aliphatic carbocycles. The zero-order valence-corrected chi connectivity index (χ0v) is 17.5. The molecule has 3 aromatic rings. The third kappa shape index (κ3) is 4.74. The zero-order valence-electron chi connectivity index (χ0n) is 16.7. The number of fused-ring (bicyclic) bond motifs is 1. The smallest absolute Gasteiger partial charge is 0.337 e. The third-order valence-electron chi connectivity index (χ3n) is 5.44. The maximum absolute atomic E-state index is 11.8. The summed E-state index contributed by atoms with van der Waals surface area (Å²) in [6.45, 7) is 3.25. The van der Waals surface area contributed by atoms with Gasteiger partial charge in [-0.3, -0.25) is 4.90 Å². The van der Waals surface area contributed by atoms with Gasteiger partial charge in [0.2, 0.25) is 0 Å². The van der Waals surface area contributed by atoms with Gasteiger partial charge in [0.25, 0.3) is 0 Å². The van der Waals surface area contributed by atoms with E-state index in [1.54, 1.807) is 6.07 Å². The van der Waals surface area contributed by atoms with Gasteiger partial charge < -0.3 is 9.72 Å². The van der Waals surface area contributed by atoms with Crippen LogP contribution in [0.1, 0.15) is 27.9 Å². The maximum Gasteiger partial charge on any atom is 0.337 e. The molecule has 0 atom stereocenters. The van der Waals surface area contributed by atoms with E-state index < -0.39 is 0 Å². The number of aromatic nitrogens is 1. The predicted molar refractivity (Wildman–Crippen MR) is 121 cm³/mol. The van der Waals surface area contributed by atoms with Crippen molar-refractivity contribution in [2.24, 2.45) is 0 Å². The molecule has 150 valence electrons. The number of aromatic amines is 1. The van der Waals surface area contributed by atoms with Crippen molar-refractivity contribution in [1.29, 1.82) is 0 Å². The molecule has 1 aliphatic rings. The summed E-state index contributed by atoms with van der Waals surface area (Å²) < 4.78 is 4.84. The predicted octanol–water partition coefficient (Wildman–Crippen LogP) is 4.98. The summed E-state index contributed by atoms with van der Waals surface area (Å²) >= 11 is 1.94. The van der Waals surface area contributed by atoms with Crippen molar-refractivity contribution < 1.29 is 9.53 Å².